The van der Waals surface area contributed by atoms with Gasteiger partial charge in [-0.05, 0) is 33.1 Å². The molecule has 0 saturated heterocycles. The van der Waals surface area contributed by atoms with Gasteiger partial charge in [-0.25, -0.2) is 0 Å². The molecule has 3 nitrogen and oxygen atoms in total. The standard InChI is InChI=1S/C12H23N3/c1-10(2)15(8-4-7-13)12-6-3-5-11(14)9-12/h10-12H,3-6,8-9,14H2,1-2H3. The summed E-state index contributed by atoms with van der Waals surface area (Å²) in [7, 11) is 0. The highest BCUT2D eigenvalue weighted by Gasteiger charge is 2.26. The third kappa shape index (κ3) is 3.81. The lowest BCUT2D eigenvalue weighted by Gasteiger charge is -2.38. The Hall–Kier alpha value is -0.590. The van der Waals surface area contributed by atoms with E-state index in [4.69, 9.17) is 11.0 Å². The minimum Gasteiger partial charge on any atom is -0.328 e. The SMILES string of the molecule is CC(C)N(CCC#N)C1CCCC(N)C1. The second-order valence-corrected chi connectivity index (χ2v) is 4.82. The van der Waals surface area contributed by atoms with E-state index in [-0.39, 0.29) is 0 Å². The molecule has 1 rings (SSSR count). The average Bonchev–Trinajstić information content (AvgIpc) is 2.18. The Labute approximate surface area is 93.2 Å². The number of rotatable bonds is 4. The minimum atomic E-state index is 0.368. The van der Waals surface area contributed by atoms with Crippen molar-refractivity contribution in [2.75, 3.05) is 6.54 Å². The molecule has 2 atom stereocenters. The molecule has 3 heteroatoms. The van der Waals surface area contributed by atoms with Gasteiger partial charge in [-0.2, -0.15) is 5.26 Å². The highest BCUT2D eigenvalue weighted by Crippen LogP contribution is 2.23. The molecule has 0 aliphatic heterocycles. The van der Waals surface area contributed by atoms with Gasteiger partial charge < -0.3 is 5.73 Å². The quantitative estimate of drug-likeness (QED) is 0.769. The van der Waals surface area contributed by atoms with E-state index in [0.29, 0.717) is 24.5 Å². The van der Waals surface area contributed by atoms with Crippen molar-refractivity contribution in [2.24, 2.45) is 5.73 Å². The zero-order valence-electron chi connectivity index (χ0n) is 9.95. The zero-order valence-corrected chi connectivity index (χ0v) is 9.95. The van der Waals surface area contributed by atoms with Crippen LogP contribution in [0.15, 0.2) is 0 Å². The maximum atomic E-state index is 8.65. The van der Waals surface area contributed by atoms with Crippen LogP contribution in [0.3, 0.4) is 0 Å². The highest BCUT2D eigenvalue weighted by atomic mass is 15.2. The molecule has 1 aliphatic rings. The van der Waals surface area contributed by atoms with Crippen molar-refractivity contribution < 1.29 is 0 Å². The van der Waals surface area contributed by atoms with Crippen LogP contribution < -0.4 is 5.73 Å². The van der Waals surface area contributed by atoms with E-state index in [1.165, 1.54) is 19.3 Å². The molecule has 15 heavy (non-hydrogen) atoms. The van der Waals surface area contributed by atoms with Crippen LogP contribution in [0.1, 0.15) is 46.0 Å². The molecular weight excluding hydrogens is 186 g/mol. The van der Waals surface area contributed by atoms with E-state index in [2.05, 4.69) is 24.8 Å². The smallest absolute Gasteiger partial charge is 0.0635 e. The second kappa shape index (κ2) is 6.09. The second-order valence-electron chi connectivity index (χ2n) is 4.82. The molecule has 0 heterocycles. The molecule has 1 saturated carbocycles. The topological polar surface area (TPSA) is 53.0 Å². The lowest BCUT2D eigenvalue weighted by molar-refractivity contribution is 0.116. The highest BCUT2D eigenvalue weighted by molar-refractivity contribution is 4.85. The Morgan fingerprint density at radius 3 is 2.73 bits per heavy atom. The van der Waals surface area contributed by atoms with Crippen LogP contribution in [0.25, 0.3) is 0 Å². The Kier molecular flexibility index (Phi) is 5.07. The van der Waals surface area contributed by atoms with Gasteiger partial charge in [0.1, 0.15) is 0 Å². The van der Waals surface area contributed by atoms with Crippen molar-refractivity contribution in [3.63, 3.8) is 0 Å². The summed E-state index contributed by atoms with van der Waals surface area (Å²) in [4.78, 5) is 2.45. The van der Waals surface area contributed by atoms with Gasteiger partial charge in [0.15, 0.2) is 0 Å². The Balaban J connectivity index is 2.50. The summed E-state index contributed by atoms with van der Waals surface area (Å²) in [5.74, 6) is 0. The van der Waals surface area contributed by atoms with Gasteiger partial charge in [-0.1, -0.05) is 6.42 Å². The predicted molar refractivity (Wildman–Crippen MR) is 62.3 cm³/mol. The fraction of sp³-hybridized carbons (Fsp3) is 0.917. The molecule has 1 fully saturated rings. The first-order valence-electron chi connectivity index (χ1n) is 6.03. The summed E-state index contributed by atoms with van der Waals surface area (Å²) in [6.07, 6.45) is 5.38. The van der Waals surface area contributed by atoms with Gasteiger partial charge in [0, 0.05) is 31.1 Å². The average molecular weight is 209 g/mol. The summed E-state index contributed by atoms with van der Waals surface area (Å²) >= 11 is 0. The number of hydrogen-bond acceptors (Lipinski definition) is 3. The van der Waals surface area contributed by atoms with Crippen molar-refractivity contribution >= 4 is 0 Å². The Morgan fingerprint density at radius 2 is 2.20 bits per heavy atom. The largest absolute Gasteiger partial charge is 0.328 e. The van der Waals surface area contributed by atoms with E-state index in [0.717, 1.165) is 13.0 Å². The third-order valence-corrected chi connectivity index (χ3v) is 3.30. The van der Waals surface area contributed by atoms with Crippen LogP contribution in [-0.2, 0) is 0 Å². The number of nitrogens with zero attached hydrogens (tertiary/aromatic N) is 2. The number of hydrogen-bond donors (Lipinski definition) is 1. The monoisotopic (exact) mass is 209 g/mol. The van der Waals surface area contributed by atoms with Crippen LogP contribution in [0.4, 0.5) is 0 Å². The van der Waals surface area contributed by atoms with Crippen LogP contribution >= 0.6 is 0 Å². The first-order valence-corrected chi connectivity index (χ1v) is 6.03. The van der Waals surface area contributed by atoms with E-state index in [1.807, 2.05) is 0 Å². The van der Waals surface area contributed by atoms with Gasteiger partial charge in [-0.15, -0.1) is 0 Å². The maximum absolute atomic E-state index is 8.65. The summed E-state index contributed by atoms with van der Waals surface area (Å²) in [5, 5.41) is 8.65. The van der Waals surface area contributed by atoms with Crippen molar-refractivity contribution in [3.05, 3.63) is 0 Å². The van der Waals surface area contributed by atoms with Gasteiger partial charge in [0.2, 0.25) is 0 Å². The zero-order chi connectivity index (χ0) is 11.3. The predicted octanol–water partition coefficient (Wildman–Crippen LogP) is 1.88. The molecule has 0 aromatic carbocycles. The van der Waals surface area contributed by atoms with Crippen LogP contribution in [-0.4, -0.2) is 29.6 Å². The van der Waals surface area contributed by atoms with Crippen LogP contribution in [0.2, 0.25) is 0 Å². The molecule has 1 aliphatic carbocycles. The van der Waals surface area contributed by atoms with Crippen LogP contribution in [0, 0.1) is 11.3 Å². The fourth-order valence-electron chi connectivity index (χ4n) is 2.54. The van der Waals surface area contributed by atoms with Gasteiger partial charge in [-0.3, -0.25) is 4.90 Å². The Morgan fingerprint density at radius 1 is 1.47 bits per heavy atom. The summed E-state index contributed by atoms with van der Waals surface area (Å²) in [6.45, 7) is 5.31. The summed E-state index contributed by atoms with van der Waals surface area (Å²) in [5.41, 5.74) is 6.00. The molecule has 0 aromatic rings. The van der Waals surface area contributed by atoms with Crippen molar-refractivity contribution in [2.45, 2.75) is 64.1 Å². The van der Waals surface area contributed by atoms with Gasteiger partial charge in [0.25, 0.3) is 0 Å². The van der Waals surface area contributed by atoms with E-state index in [1.54, 1.807) is 0 Å². The molecular formula is C12H23N3. The molecule has 0 spiro atoms. The first kappa shape index (κ1) is 12.5. The van der Waals surface area contributed by atoms with Crippen molar-refractivity contribution in [3.8, 4) is 6.07 Å². The molecule has 0 aromatic heterocycles. The lowest BCUT2D eigenvalue weighted by atomic mass is 9.90. The molecule has 2 N–H and O–H groups in total. The fourth-order valence-corrected chi connectivity index (χ4v) is 2.54. The molecule has 0 bridgehead atoms. The maximum Gasteiger partial charge on any atom is 0.0635 e. The van der Waals surface area contributed by atoms with Gasteiger partial charge in [0.05, 0.1) is 6.07 Å². The van der Waals surface area contributed by atoms with Crippen LogP contribution in [0.5, 0.6) is 0 Å². The normalized spacial score (nSPS) is 26.9. The van der Waals surface area contributed by atoms with Crippen molar-refractivity contribution in [1.29, 1.82) is 5.26 Å². The van der Waals surface area contributed by atoms with E-state index in [9.17, 15) is 0 Å². The molecule has 86 valence electrons. The number of nitrogens with two attached hydrogens (primary N) is 1. The molecule has 0 radical (unpaired) electrons. The minimum absolute atomic E-state index is 0.368. The lowest BCUT2D eigenvalue weighted by Crippen LogP contribution is -2.46. The van der Waals surface area contributed by atoms with E-state index < -0.39 is 0 Å². The first-order chi connectivity index (χ1) is 7.15. The molecule has 2 unspecified atom stereocenters. The number of nitriles is 1. The molecule has 0 amide bonds. The third-order valence-electron chi connectivity index (χ3n) is 3.30. The summed E-state index contributed by atoms with van der Waals surface area (Å²) in [6, 6.07) is 3.72. The summed E-state index contributed by atoms with van der Waals surface area (Å²) < 4.78 is 0. The van der Waals surface area contributed by atoms with E-state index >= 15 is 0 Å². The van der Waals surface area contributed by atoms with Crippen molar-refractivity contribution in [1.82, 2.24) is 4.90 Å². The Bertz CT molecular complexity index is 219. The van der Waals surface area contributed by atoms with Gasteiger partial charge >= 0.3 is 0 Å².